The van der Waals surface area contributed by atoms with E-state index in [-0.39, 0.29) is 5.91 Å². The summed E-state index contributed by atoms with van der Waals surface area (Å²) in [5.41, 5.74) is 10.9. The van der Waals surface area contributed by atoms with Crippen molar-refractivity contribution >= 4 is 5.91 Å². The molecule has 0 aromatic heterocycles. The summed E-state index contributed by atoms with van der Waals surface area (Å²) in [7, 11) is 0. The van der Waals surface area contributed by atoms with Crippen LogP contribution in [-0.4, -0.2) is 72.7 Å². The van der Waals surface area contributed by atoms with E-state index in [4.69, 9.17) is 16.2 Å². The van der Waals surface area contributed by atoms with E-state index in [1.807, 2.05) is 0 Å². The van der Waals surface area contributed by atoms with E-state index >= 15 is 0 Å². The molecule has 0 aromatic carbocycles. The van der Waals surface area contributed by atoms with Crippen molar-refractivity contribution in [3.8, 4) is 0 Å². The molecular formula is C15H28N4O2. The zero-order valence-electron chi connectivity index (χ0n) is 12.8. The van der Waals surface area contributed by atoms with Crippen LogP contribution in [0.15, 0.2) is 0 Å². The number of amides is 1. The first-order chi connectivity index (χ1) is 10.1. The minimum absolute atomic E-state index is 0.337. The number of nitrogens with two attached hydrogens (primary N) is 2. The number of carbonyl (C=O) groups is 1. The van der Waals surface area contributed by atoms with Crippen LogP contribution in [0.4, 0.5) is 0 Å². The van der Waals surface area contributed by atoms with Gasteiger partial charge in [-0.05, 0) is 32.1 Å². The van der Waals surface area contributed by atoms with Crippen LogP contribution in [0.5, 0.6) is 0 Å². The molecule has 120 valence electrons. The lowest BCUT2D eigenvalue weighted by atomic mass is 9.78. The molecule has 0 aromatic rings. The van der Waals surface area contributed by atoms with Crippen molar-refractivity contribution in [2.45, 2.75) is 49.7 Å². The molecule has 3 rings (SSSR count). The van der Waals surface area contributed by atoms with Crippen molar-refractivity contribution in [2.75, 3.05) is 39.4 Å². The Balaban J connectivity index is 1.57. The molecule has 0 spiro atoms. The van der Waals surface area contributed by atoms with Crippen molar-refractivity contribution in [2.24, 2.45) is 11.5 Å². The molecule has 6 nitrogen and oxygen atoms in total. The molecule has 1 saturated carbocycles. The monoisotopic (exact) mass is 296 g/mol. The van der Waals surface area contributed by atoms with Crippen molar-refractivity contribution in [3.63, 3.8) is 0 Å². The lowest BCUT2D eigenvalue weighted by Crippen LogP contribution is -2.58. The highest BCUT2D eigenvalue weighted by atomic mass is 16.5. The molecule has 0 bridgehead atoms. The maximum absolute atomic E-state index is 11.6. The second-order valence-corrected chi connectivity index (χ2v) is 6.86. The number of ether oxygens (including phenoxy) is 1. The van der Waals surface area contributed by atoms with Crippen LogP contribution in [-0.2, 0) is 9.53 Å². The van der Waals surface area contributed by atoms with Gasteiger partial charge in [-0.1, -0.05) is 0 Å². The molecule has 6 heteroatoms. The average molecular weight is 296 g/mol. The van der Waals surface area contributed by atoms with Crippen LogP contribution in [0.2, 0.25) is 0 Å². The van der Waals surface area contributed by atoms with Gasteiger partial charge in [-0.15, -0.1) is 0 Å². The molecule has 0 radical (unpaired) electrons. The normalized spacial score (nSPS) is 39.5. The minimum atomic E-state index is -0.792. The Hall–Kier alpha value is -0.690. The first-order valence-electron chi connectivity index (χ1n) is 8.23. The Kier molecular flexibility index (Phi) is 4.49. The highest BCUT2D eigenvalue weighted by molar-refractivity contribution is 5.84. The summed E-state index contributed by atoms with van der Waals surface area (Å²) in [5.74, 6) is -0.337. The van der Waals surface area contributed by atoms with Gasteiger partial charge < -0.3 is 16.2 Å². The molecule has 3 aliphatic rings. The maximum Gasteiger partial charge on any atom is 0.237 e. The van der Waals surface area contributed by atoms with Gasteiger partial charge >= 0.3 is 0 Å². The van der Waals surface area contributed by atoms with E-state index in [1.54, 1.807) is 0 Å². The van der Waals surface area contributed by atoms with Gasteiger partial charge in [0, 0.05) is 38.3 Å². The quantitative estimate of drug-likeness (QED) is 0.735. The van der Waals surface area contributed by atoms with Crippen molar-refractivity contribution in [3.05, 3.63) is 0 Å². The summed E-state index contributed by atoms with van der Waals surface area (Å²) in [6.45, 7) is 6.01. The first kappa shape index (κ1) is 15.2. The lowest BCUT2D eigenvalue weighted by Gasteiger charge is -2.40. The third-order valence-corrected chi connectivity index (χ3v) is 5.52. The Labute approximate surface area is 126 Å². The van der Waals surface area contributed by atoms with Crippen LogP contribution in [0.1, 0.15) is 32.1 Å². The maximum atomic E-state index is 11.6. The van der Waals surface area contributed by atoms with Gasteiger partial charge in [-0.25, -0.2) is 0 Å². The zero-order valence-corrected chi connectivity index (χ0v) is 12.8. The summed E-state index contributed by atoms with van der Waals surface area (Å²) in [6.07, 6.45) is 4.81. The fourth-order valence-electron chi connectivity index (χ4n) is 4.15. The van der Waals surface area contributed by atoms with Crippen LogP contribution >= 0.6 is 0 Å². The van der Waals surface area contributed by atoms with Crippen LogP contribution in [0.3, 0.4) is 0 Å². The molecular weight excluding hydrogens is 268 g/mol. The molecule has 21 heavy (non-hydrogen) atoms. The van der Waals surface area contributed by atoms with E-state index in [0.717, 1.165) is 65.1 Å². The number of nitrogens with zero attached hydrogens (tertiary/aromatic N) is 2. The number of hydrogen-bond donors (Lipinski definition) is 2. The number of likely N-dealkylation sites (tertiary alicyclic amines) is 1. The fraction of sp³-hybridized carbons (Fsp3) is 0.933. The fourth-order valence-corrected chi connectivity index (χ4v) is 4.15. The van der Waals surface area contributed by atoms with Crippen LogP contribution in [0, 0.1) is 0 Å². The molecule has 4 N–H and O–H groups in total. The second-order valence-electron chi connectivity index (χ2n) is 6.86. The molecule has 3 atom stereocenters. The largest absolute Gasteiger partial charge is 0.379 e. The van der Waals surface area contributed by atoms with Gasteiger partial charge in [0.05, 0.1) is 18.8 Å². The summed E-state index contributed by atoms with van der Waals surface area (Å²) >= 11 is 0. The van der Waals surface area contributed by atoms with Crippen molar-refractivity contribution < 1.29 is 9.53 Å². The van der Waals surface area contributed by atoms with Gasteiger partial charge in [0.2, 0.25) is 5.91 Å². The Morgan fingerprint density at radius 3 is 2.57 bits per heavy atom. The second kappa shape index (κ2) is 6.20. The minimum Gasteiger partial charge on any atom is -0.379 e. The molecule has 2 saturated heterocycles. The van der Waals surface area contributed by atoms with E-state index < -0.39 is 5.54 Å². The molecule has 3 unspecified atom stereocenters. The van der Waals surface area contributed by atoms with Crippen LogP contribution in [0.25, 0.3) is 0 Å². The third-order valence-electron chi connectivity index (χ3n) is 5.52. The number of primary amides is 1. The third kappa shape index (κ3) is 3.23. The number of carbonyl (C=O) groups excluding carboxylic acids is 1. The van der Waals surface area contributed by atoms with Gasteiger partial charge in [0.25, 0.3) is 0 Å². The van der Waals surface area contributed by atoms with Gasteiger partial charge in [0.1, 0.15) is 0 Å². The van der Waals surface area contributed by atoms with Gasteiger partial charge in [0.15, 0.2) is 0 Å². The molecule has 3 fully saturated rings. The molecule has 1 amide bonds. The average Bonchev–Trinajstić information content (AvgIpc) is 2.98. The number of hydrogen-bond acceptors (Lipinski definition) is 5. The highest BCUT2D eigenvalue weighted by Crippen LogP contribution is 2.32. The summed E-state index contributed by atoms with van der Waals surface area (Å²) in [4.78, 5) is 16.7. The summed E-state index contributed by atoms with van der Waals surface area (Å²) in [6, 6.07) is 1.05. The summed E-state index contributed by atoms with van der Waals surface area (Å²) in [5, 5.41) is 0. The van der Waals surface area contributed by atoms with Gasteiger partial charge in [-0.2, -0.15) is 0 Å². The topological polar surface area (TPSA) is 84.8 Å². The Morgan fingerprint density at radius 2 is 1.86 bits per heavy atom. The van der Waals surface area contributed by atoms with E-state index in [2.05, 4.69) is 9.80 Å². The molecule has 2 aliphatic heterocycles. The highest BCUT2D eigenvalue weighted by Gasteiger charge is 2.41. The van der Waals surface area contributed by atoms with E-state index in [9.17, 15) is 4.79 Å². The smallest absolute Gasteiger partial charge is 0.237 e. The van der Waals surface area contributed by atoms with Crippen LogP contribution < -0.4 is 11.5 Å². The first-order valence-corrected chi connectivity index (χ1v) is 8.23. The molecule has 2 heterocycles. The van der Waals surface area contributed by atoms with Crippen molar-refractivity contribution in [1.29, 1.82) is 0 Å². The standard InChI is InChI=1S/C15H28N4O2/c16-14(20)15(17)4-1-2-12(10-15)19-5-3-13(11-19)18-6-8-21-9-7-18/h12-13H,1-11,17H2,(H2,16,20). The number of rotatable bonds is 3. The van der Waals surface area contributed by atoms with Crippen molar-refractivity contribution in [1.82, 2.24) is 9.80 Å². The SMILES string of the molecule is NC(=O)C1(N)CCCC(N2CCC(N3CCOCC3)C2)C1. The lowest BCUT2D eigenvalue weighted by molar-refractivity contribution is -0.125. The van der Waals surface area contributed by atoms with E-state index in [1.165, 1.54) is 6.42 Å². The number of morpholine rings is 1. The molecule has 1 aliphatic carbocycles. The van der Waals surface area contributed by atoms with Gasteiger partial charge in [-0.3, -0.25) is 14.6 Å². The predicted octanol–water partition coefficient (Wildman–Crippen LogP) is -0.482. The summed E-state index contributed by atoms with van der Waals surface area (Å²) < 4.78 is 5.43. The Morgan fingerprint density at radius 1 is 1.10 bits per heavy atom. The Bertz CT molecular complexity index is 386. The predicted molar refractivity (Wildman–Crippen MR) is 80.7 cm³/mol. The zero-order chi connectivity index (χ0) is 14.9. The van der Waals surface area contributed by atoms with E-state index in [0.29, 0.717) is 12.1 Å².